The molecule has 3 N–H and O–H groups in total. The van der Waals surface area contributed by atoms with E-state index in [0.717, 1.165) is 16.5 Å². The van der Waals surface area contributed by atoms with Crippen molar-refractivity contribution in [1.82, 2.24) is 25.4 Å². The van der Waals surface area contributed by atoms with Crippen molar-refractivity contribution >= 4 is 28.6 Å². The number of hydrogen-bond acceptors (Lipinski definition) is 5. The topological polar surface area (TPSA) is 107 Å². The summed E-state index contributed by atoms with van der Waals surface area (Å²) in [4.78, 5) is 45.8. The van der Waals surface area contributed by atoms with Gasteiger partial charge in [-0.05, 0) is 51.1 Å². The molecule has 0 bridgehead atoms. The highest BCUT2D eigenvalue weighted by atomic mass is 19.1. The Hall–Kier alpha value is -2.98. The number of aromatic nitrogens is 1. The van der Waals surface area contributed by atoms with E-state index in [-0.39, 0.29) is 41.5 Å². The number of likely N-dealkylation sites (tertiary alicyclic amines) is 2. The second-order valence-electron chi connectivity index (χ2n) is 9.53. The second kappa shape index (κ2) is 9.94. The molecule has 3 amide bonds. The first-order valence-electron chi connectivity index (χ1n) is 12.0. The lowest BCUT2D eigenvalue weighted by molar-refractivity contribution is -0.141. The van der Waals surface area contributed by atoms with Crippen LogP contribution in [0.2, 0.25) is 0 Å². The minimum atomic E-state index is -0.880. The van der Waals surface area contributed by atoms with E-state index in [2.05, 4.69) is 15.6 Å². The summed E-state index contributed by atoms with van der Waals surface area (Å²) in [5.74, 6) is -1.14. The molecule has 4 rings (SSSR count). The van der Waals surface area contributed by atoms with Crippen LogP contribution in [0.1, 0.15) is 38.7 Å². The monoisotopic (exact) mass is 487 g/mol. The van der Waals surface area contributed by atoms with Crippen LogP contribution in [0.4, 0.5) is 4.39 Å². The molecule has 190 valence electrons. The maximum Gasteiger partial charge on any atom is 0.248 e. The first-order chi connectivity index (χ1) is 16.7. The number of likely N-dealkylation sites (N-methyl/N-ethyl adjacent to an activating group) is 1. The van der Waals surface area contributed by atoms with Crippen LogP contribution in [-0.4, -0.2) is 90.0 Å². The van der Waals surface area contributed by atoms with E-state index < -0.39 is 18.2 Å². The number of benzene rings is 1. The maximum absolute atomic E-state index is 14.1. The van der Waals surface area contributed by atoms with Crippen molar-refractivity contribution in [3.63, 3.8) is 0 Å². The van der Waals surface area contributed by atoms with E-state index in [9.17, 15) is 18.8 Å². The molecule has 3 heterocycles. The number of carbonyl (C=O) groups is 3. The van der Waals surface area contributed by atoms with Crippen molar-refractivity contribution in [2.75, 3.05) is 27.2 Å². The van der Waals surface area contributed by atoms with E-state index in [4.69, 9.17) is 4.74 Å². The van der Waals surface area contributed by atoms with E-state index in [1.807, 2.05) is 11.1 Å². The van der Waals surface area contributed by atoms with Crippen molar-refractivity contribution in [3.8, 4) is 0 Å². The van der Waals surface area contributed by atoms with Crippen molar-refractivity contribution in [2.24, 2.45) is 0 Å². The van der Waals surface area contributed by atoms with Crippen LogP contribution in [0.25, 0.3) is 10.9 Å². The number of methoxy groups -OCH3 is 1. The molecule has 35 heavy (non-hydrogen) atoms. The van der Waals surface area contributed by atoms with Crippen LogP contribution in [-0.2, 0) is 19.1 Å². The molecule has 0 saturated carbocycles. The number of nitrogens with one attached hydrogen (secondary N) is 3. The van der Waals surface area contributed by atoms with Gasteiger partial charge in [0.1, 0.15) is 11.9 Å². The number of fused-ring (bicyclic) bond motifs is 2. The van der Waals surface area contributed by atoms with Gasteiger partial charge in [-0.1, -0.05) is 0 Å². The molecule has 1 aromatic heterocycles. The van der Waals surface area contributed by atoms with Gasteiger partial charge in [0.15, 0.2) is 0 Å². The van der Waals surface area contributed by atoms with Crippen molar-refractivity contribution in [1.29, 1.82) is 0 Å². The molecule has 10 heteroatoms. The zero-order chi connectivity index (χ0) is 25.4. The summed E-state index contributed by atoms with van der Waals surface area (Å²) in [5.41, 5.74) is 1.68. The number of halogens is 1. The van der Waals surface area contributed by atoms with Crippen molar-refractivity contribution < 1.29 is 23.5 Å². The van der Waals surface area contributed by atoms with E-state index in [1.54, 1.807) is 31.9 Å². The zero-order valence-corrected chi connectivity index (χ0v) is 20.8. The summed E-state index contributed by atoms with van der Waals surface area (Å²) in [6, 6.07) is 2.78. The lowest BCUT2D eigenvalue weighted by Crippen LogP contribution is -2.58. The van der Waals surface area contributed by atoms with Crippen LogP contribution in [0, 0.1) is 5.82 Å². The predicted octanol–water partition coefficient (Wildman–Crippen LogP) is 1.35. The maximum atomic E-state index is 14.1. The summed E-state index contributed by atoms with van der Waals surface area (Å²) in [5, 5.41) is 6.47. The molecular weight excluding hydrogens is 453 g/mol. The minimum Gasteiger partial charge on any atom is -0.379 e. The van der Waals surface area contributed by atoms with Gasteiger partial charge in [-0.15, -0.1) is 0 Å². The predicted molar refractivity (Wildman–Crippen MR) is 129 cm³/mol. The Morgan fingerprint density at radius 1 is 1.23 bits per heavy atom. The largest absolute Gasteiger partial charge is 0.379 e. The Balaban J connectivity index is 1.70. The van der Waals surface area contributed by atoms with Gasteiger partial charge < -0.3 is 30.2 Å². The molecule has 0 radical (unpaired) electrons. The molecule has 2 unspecified atom stereocenters. The average Bonchev–Trinajstić information content (AvgIpc) is 3.54. The van der Waals surface area contributed by atoms with Gasteiger partial charge in [0.25, 0.3) is 0 Å². The zero-order valence-electron chi connectivity index (χ0n) is 20.8. The minimum absolute atomic E-state index is 0.0548. The van der Waals surface area contributed by atoms with Crippen LogP contribution >= 0.6 is 0 Å². The Bertz CT molecular complexity index is 1120. The number of carbonyl (C=O) groups excluding carboxylic acids is 3. The number of H-pyrrole nitrogens is 1. The van der Waals surface area contributed by atoms with Gasteiger partial charge in [0.2, 0.25) is 17.7 Å². The molecule has 2 fully saturated rings. The molecular formula is C25H34FN5O4. The van der Waals surface area contributed by atoms with Crippen LogP contribution in [0.3, 0.4) is 0 Å². The van der Waals surface area contributed by atoms with Crippen LogP contribution < -0.4 is 10.6 Å². The third kappa shape index (κ3) is 4.52. The van der Waals surface area contributed by atoms with Gasteiger partial charge in [0, 0.05) is 50.1 Å². The summed E-state index contributed by atoms with van der Waals surface area (Å²) >= 11 is 0. The van der Waals surface area contributed by atoms with Crippen LogP contribution in [0.15, 0.2) is 24.4 Å². The molecule has 1 aromatic carbocycles. The smallest absolute Gasteiger partial charge is 0.248 e. The van der Waals surface area contributed by atoms with E-state index >= 15 is 0 Å². The third-order valence-corrected chi connectivity index (χ3v) is 7.62. The number of hydrogen-bond donors (Lipinski definition) is 3. The molecule has 2 aliphatic rings. The van der Waals surface area contributed by atoms with Gasteiger partial charge in [0.05, 0.1) is 24.2 Å². The highest BCUT2D eigenvalue weighted by molar-refractivity contribution is 5.91. The Morgan fingerprint density at radius 3 is 2.63 bits per heavy atom. The normalized spacial score (nSPS) is 24.3. The van der Waals surface area contributed by atoms with Crippen LogP contribution in [0.5, 0.6) is 0 Å². The van der Waals surface area contributed by atoms with E-state index in [0.29, 0.717) is 19.5 Å². The highest BCUT2D eigenvalue weighted by Gasteiger charge is 2.53. The van der Waals surface area contributed by atoms with Gasteiger partial charge >= 0.3 is 0 Å². The molecule has 2 aromatic rings. The number of nitrogens with zero attached hydrogens (tertiary/aromatic N) is 2. The SMILES string of the molecule is CN[C@@H](C)C(=O)NC(C(=O)N1CC[C@@H]2[C@H]1[C@@H](c1c[nH]c3ccc(F)cc13)CN2C(C)=O)C(C)OC. The number of aromatic amines is 1. The first kappa shape index (κ1) is 25.1. The third-order valence-electron chi connectivity index (χ3n) is 7.62. The lowest BCUT2D eigenvalue weighted by atomic mass is 9.91. The van der Waals surface area contributed by atoms with Crippen molar-refractivity contribution in [2.45, 2.75) is 63.4 Å². The fourth-order valence-corrected chi connectivity index (χ4v) is 5.51. The standard InChI is InChI=1S/C25H34FN5O4/c1-13(27-4)24(33)29-22(14(2)35-5)25(34)30-9-8-21-23(30)19(12-31(21)15(3)32)18-11-28-20-7-6-16(26)10-17(18)20/h6-7,10-11,13-14,19,21-23,27-28H,8-9,12H2,1-5H3,(H,29,33)/t13-,14?,19+,21+,22?,23+/m0/s1. The highest BCUT2D eigenvalue weighted by Crippen LogP contribution is 2.43. The Labute approximate surface area is 204 Å². The summed E-state index contributed by atoms with van der Waals surface area (Å²) in [7, 11) is 3.18. The molecule has 0 aliphatic carbocycles. The van der Waals surface area contributed by atoms with Gasteiger partial charge in [-0.3, -0.25) is 14.4 Å². The van der Waals surface area contributed by atoms with Gasteiger partial charge in [-0.25, -0.2) is 4.39 Å². The lowest BCUT2D eigenvalue weighted by Gasteiger charge is -2.34. The van der Waals surface area contributed by atoms with Crippen molar-refractivity contribution in [3.05, 3.63) is 35.8 Å². The molecule has 2 aliphatic heterocycles. The van der Waals surface area contributed by atoms with Gasteiger partial charge in [-0.2, -0.15) is 0 Å². The fraction of sp³-hybridized carbons (Fsp3) is 0.560. The average molecular weight is 488 g/mol. The molecule has 2 saturated heterocycles. The number of amides is 3. The Morgan fingerprint density at radius 2 is 1.97 bits per heavy atom. The summed E-state index contributed by atoms with van der Waals surface area (Å²) in [6.45, 7) is 5.89. The number of rotatable bonds is 7. The second-order valence-corrected chi connectivity index (χ2v) is 9.53. The van der Waals surface area contributed by atoms with E-state index in [1.165, 1.54) is 26.2 Å². The first-order valence-corrected chi connectivity index (χ1v) is 12.0. The molecule has 9 nitrogen and oxygen atoms in total. The fourth-order valence-electron chi connectivity index (χ4n) is 5.51. The summed E-state index contributed by atoms with van der Waals surface area (Å²) < 4.78 is 19.6. The Kier molecular flexibility index (Phi) is 7.14. The summed E-state index contributed by atoms with van der Waals surface area (Å²) in [6.07, 6.45) is 1.93. The molecule has 6 atom stereocenters. The quantitative estimate of drug-likeness (QED) is 0.547. The molecule has 0 spiro atoms. The number of ether oxygens (including phenoxy) is 1.